The first-order chi connectivity index (χ1) is 7.86. The summed E-state index contributed by atoms with van der Waals surface area (Å²) in [5, 5.41) is 3.77. The van der Waals surface area contributed by atoms with Gasteiger partial charge >= 0.3 is 0 Å². The number of aromatic nitrogens is 1. The van der Waals surface area contributed by atoms with Crippen molar-refractivity contribution in [3.8, 4) is 0 Å². The molecule has 0 radical (unpaired) electrons. The van der Waals surface area contributed by atoms with E-state index in [1.165, 1.54) is 18.7 Å². The van der Waals surface area contributed by atoms with E-state index in [1.807, 2.05) is 0 Å². The molecule has 5 nitrogen and oxygen atoms in total. The molecule has 16 heavy (non-hydrogen) atoms. The molecule has 2 rings (SSSR count). The van der Waals surface area contributed by atoms with Crippen LogP contribution < -0.4 is 5.43 Å². The molecule has 1 N–H and O–H groups in total. The molecular formula is C11H9N3O2. The Bertz CT molecular complexity index is 477. The standard InChI is InChI=1S/C11H9N3O2/c15-11(10-3-1-2-5-12-10)14-13-7-9-4-6-16-8-9/h1-8H,(H,14,15)/b13-7+. The molecule has 0 bridgehead atoms. The van der Waals surface area contributed by atoms with Crippen LogP contribution in [0.3, 0.4) is 0 Å². The molecule has 0 fully saturated rings. The molecule has 0 spiro atoms. The molecule has 0 aliphatic carbocycles. The van der Waals surface area contributed by atoms with Gasteiger partial charge < -0.3 is 4.42 Å². The summed E-state index contributed by atoms with van der Waals surface area (Å²) in [5.41, 5.74) is 3.47. The van der Waals surface area contributed by atoms with Gasteiger partial charge in [-0.3, -0.25) is 9.78 Å². The Morgan fingerprint density at radius 2 is 2.38 bits per heavy atom. The van der Waals surface area contributed by atoms with Crippen LogP contribution in [0, 0.1) is 0 Å². The number of nitrogens with one attached hydrogen (secondary N) is 1. The number of hydrazone groups is 1. The lowest BCUT2D eigenvalue weighted by molar-refractivity contribution is 0.0950. The van der Waals surface area contributed by atoms with Gasteiger partial charge in [-0.1, -0.05) is 6.07 Å². The van der Waals surface area contributed by atoms with Gasteiger partial charge in [0.2, 0.25) is 0 Å². The molecule has 0 saturated heterocycles. The molecule has 0 aromatic carbocycles. The maximum Gasteiger partial charge on any atom is 0.289 e. The summed E-state index contributed by atoms with van der Waals surface area (Å²) < 4.78 is 4.84. The summed E-state index contributed by atoms with van der Waals surface area (Å²) in [5.74, 6) is -0.347. The highest BCUT2D eigenvalue weighted by Gasteiger charge is 2.03. The van der Waals surface area contributed by atoms with Gasteiger partial charge in [0.15, 0.2) is 0 Å². The third-order valence-electron chi connectivity index (χ3n) is 1.82. The van der Waals surface area contributed by atoms with Gasteiger partial charge in [0.05, 0.1) is 18.7 Å². The van der Waals surface area contributed by atoms with E-state index in [9.17, 15) is 4.79 Å². The summed E-state index contributed by atoms with van der Waals surface area (Å²) in [7, 11) is 0. The van der Waals surface area contributed by atoms with Crippen molar-refractivity contribution in [2.24, 2.45) is 5.10 Å². The number of nitrogens with zero attached hydrogens (tertiary/aromatic N) is 2. The Balaban J connectivity index is 1.94. The second kappa shape index (κ2) is 4.88. The van der Waals surface area contributed by atoms with Crippen molar-refractivity contribution in [1.29, 1.82) is 0 Å². The van der Waals surface area contributed by atoms with E-state index in [1.54, 1.807) is 30.5 Å². The normalized spacial score (nSPS) is 10.5. The first-order valence-electron chi connectivity index (χ1n) is 4.63. The van der Waals surface area contributed by atoms with Crippen molar-refractivity contribution in [3.05, 3.63) is 54.2 Å². The maximum atomic E-state index is 11.5. The lowest BCUT2D eigenvalue weighted by Crippen LogP contribution is -2.18. The number of carbonyl (C=O) groups excluding carboxylic acids is 1. The summed E-state index contributed by atoms with van der Waals surface area (Å²) in [6, 6.07) is 6.83. The molecule has 80 valence electrons. The Kier molecular flexibility index (Phi) is 3.08. The van der Waals surface area contributed by atoms with Crippen molar-refractivity contribution in [2.45, 2.75) is 0 Å². The molecule has 5 heteroatoms. The van der Waals surface area contributed by atoms with Crippen molar-refractivity contribution in [3.63, 3.8) is 0 Å². The number of hydrogen-bond donors (Lipinski definition) is 1. The van der Waals surface area contributed by atoms with Gasteiger partial charge in [-0.25, -0.2) is 5.43 Å². The minimum Gasteiger partial charge on any atom is -0.472 e. The van der Waals surface area contributed by atoms with Gasteiger partial charge in [0.25, 0.3) is 5.91 Å². The summed E-state index contributed by atoms with van der Waals surface area (Å²) in [6.07, 6.45) is 6.09. The van der Waals surface area contributed by atoms with Crippen LogP contribution in [0.4, 0.5) is 0 Å². The lowest BCUT2D eigenvalue weighted by atomic mass is 10.3. The predicted octanol–water partition coefficient (Wildman–Crippen LogP) is 1.44. The first-order valence-corrected chi connectivity index (χ1v) is 4.63. The zero-order valence-corrected chi connectivity index (χ0v) is 8.33. The molecule has 2 aromatic heterocycles. The molecule has 0 unspecified atom stereocenters. The van der Waals surface area contributed by atoms with E-state index in [4.69, 9.17) is 4.42 Å². The molecular weight excluding hydrogens is 206 g/mol. The molecule has 0 atom stereocenters. The number of furan rings is 1. The van der Waals surface area contributed by atoms with E-state index in [0.29, 0.717) is 5.69 Å². The number of amides is 1. The zero-order chi connectivity index (χ0) is 11.2. The minimum atomic E-state index is -0.347. The number of hydrogen-bond acceptors (Lipinski definition) is 4. The van der Waals surface area contributed by atoms with Crippen molar-refractivity contribution in [1.82, 2.24) is 10.4 Å². The van der Waals surface area contributed by atoms with Crippen molar-refractivity contribution < 1.29 is 9.21 Å². The van der Waals surface area contributed by atoms with Gasteiger partial charge in [-0.15, -0.1) is 0 Å². The molecule has 2 aromatic rings. The number of pyridine rings is 1. The van der Waals surface area contributed by atoms with Crippen LogP contribution in [-0.2, 0) is 0 Å². The second-order valence-electron chi connectivity index (χ2n) is 2.97. The Morgan fingerprint density at radius 3 is 3.06 bits per heavy atom. The average molecular weight is 215 g/mol. The third kappa shape index (κ3) is 2.54. The molecule has 1 amide bonds. The molecule has 2 heterocycles. The lowest BCUT2D eigenvalue weighted by Gasteiger charge is -1.96. The van der Waals surface area contributed by atoms with E-state index >= 15 is 0 Å². The SMILES string of the molecule is O=C(N/N=C/c1ccoc1)c1ccccn1. The zero-order valence-electron chi connectivity index (χ0n) is 8.33. The van der Waals surface area contributed by atoms with Gasteiger partial charge in [-0.2, -0.15) is 5.10 Å². The maximum absolute atomic E-state index is 11.5. The van der Waals surface area contributed by atoms with Crippen LogP contribution in [-0.4, -0.2) is 17.1 Å². The van der Waals surface area contributed by atoms with Crippen LogP contribution in [0.15, 0.2) is 52.5 Å². The Morgan fingerprint density at radius 1 is 1.44 bits per heavy atom. The van der Waals surface area contributed by atoms with Gasteiger partial charge in [0, 0.05) is 11.8 Å². The summed E-state index contributed by atoms with van der Waals surface area (Å²) >= 11 is 0. The fourth-order valence-electron chi connectivity index (χ4n) is 1.07. The van der Waals surface area contributed by atoms with Crippen LogP contribution in [0.2, 0.25) is 0 Å². The quantitative estimate of drug-likeness (QED) is 0.622. The monoisotopic (exact) mass is 215 g/mol. The van der Waals surface area contributed by atoms with E-state index in [-0.39, 0.29) is 5.91 Å². The van der Waals surface area contributed by atoms with E-state index in [0.717, 1.165) is 5.56 Å². The van der Waals surface area contributed by atoms with Crippen molar-refractivity contribution in [2.75, 3.05) is 0 Å². The molecule has 0 aliphatic rings. The highest BCUT2D eigenvalue weighted by atomic mass is 16.3. The number of carbonyl (C=O) groups is 1. The third-order valence-corrected chi connectivity index (χ3v) is 1.82. The first kappa shape index (κ1) is 10.1. The minimum absolute atomic E-state index is 0.326. The van der Waals surface area contributed by atoms with Crippen molar-refractivity contribution >= 4 is 12.1 Å². The topological polar surface area (TPSA) is 67.5 Å². The Hall–Kier alpha value is -2.43. The second-order valence-corrected chi connectivity index (χ2v) is 2.97. The smallest absolute Gasteiger partial charge is 0.289 e. The fraction of sp³-hybridized carbons (Fsp3) is 0. The largest absolute Gasteiger partial charge is 0.472 e. The Labute approximate surface area is 91.8 Å². The highest BCUT2D eigenvalue weighted by Crippen LogP contribution is 1.95. The molecule has 0 saturated carbocycles. The molecule has 0 aliphatic heterocycles. The number of rotatable bonds is 3. The van der Waals surface area contributed by atoms with Gasteiger partial charge in [-0.05, 0) is 18.2 Å². The highest BCUT2D eigenvalue weighted by molar-refractivity contribution is 5.92. The summed E-state index contributed by atoms with van der Waals surface area (Å²) in [6.45, 7) is 0. The van der Waals surface area contributed by atoms with E-state index in [2.05, 4.69) is 15.5 Å². The predicted molar refractivity (Wildman–Crippen MR) is 58.0 cm³/mol. The van der Waals surface area contributed by atoms with Crippen LogP contribution in [0.1, 0.15) is 16.1 Å². The average Bonchev–Trinajstić information content (AvgIpc) is 2.83. The van der Waals surface area contributed by atoms with Crippen LogP contribution in [0.5, 0.6) is 0 Å². The fourth-order valence-corrected chi connectivity index (χ4v) is 1.07. The van der Waals surface area contributed by atoms with Crippen LogP contribution >= 0.6 is 0 Å². The van der Waals surface area contributed by atoms with Gasteiger partial charge in [0.1, 0.15) is 5.69 Å². The van der Waals surface area contributed by atoms with Crippen LogP contribution in [0.25, 0.3) is 0 Å². The van der Waals surface area contributed by atoms with E-state index < -0.39 is 0 Å². The summed E-state index contributed by atoms with van der Waals surface area (Å²) in [4.78, 5) is 15.4.